The van der Waals surface area contributed by atoms with E-state index in [0.717, 1.165) is 22.5 Å². The second-order valence-corrected chi connectivity index (χ2v) is 7.76. The molecule has 0 aliphatic carbocycles. The van der Waals surface area contributed by atoms with Crippen LogP contribution in [-0.2, 0) is 14.8 Å². The molecular formula is C11H11ClFNO4S2. The number of sulfonamides is 1. The van der Waals surface area contributed by atoms with Crippen LogP contribution in [0.1, 0.15) is 6.92 Å². The van der Waals surface area contributed by atoms with Gasteiger partial charge >= 0.3 is 5.97 Å². The van der Waals surface area contributed by atoms with E-state index in [-0.39, 0.29) is 10.8 Å². The van der Waals surface area contributed by atoms with Crippen molar-refractivity contribution in [1.82, 2.24) is 4.31 Å². The van der Waals surface area contributed by atoms with Crippen LogP contribution in [0.4, 0.5) is 4.39 Å². The minimum Gasteiger partial charge on any atom is -0.480 e. The molecule has 0 radical (unpaired) electrons. The van der Waals surface area contributed by atoms with Crippen molar-refractivity contribution in [3.05, 3.63) is 29.0 Å². The predicted molar refractivity (Wildman–Crippen MR) is 73.8 cm³/mol. The molecule has 1 aliphatic heterocycles. The van der Waals surface area contributed by atoms with Crippen molar-refractivity contribution in [2.75, 3.05) is 5.75 Å². The average molecular weight is 340 g/mol. The Hall–Kier alpha value is -0.830. The molecule has 2 rings (SSSR count). The van der Waals surface area contributed by atoms with E-state index in [1.807, 2.05) is 0 Å². The van der Waals surface area contributed by atoms with E-state index < -0.39 is 38.1 Å². The molecule has 1 saturated heterocycles. The molecule has 20 heavy (non-hydrogen) atoms. The highest BCUT2D eigenvalue weighted by atomic mass is 35.5. The summed E-state index contributed by atoms with van der Waals surface area (Å²) in [7, 11) is -4.18. The Morgan fingerprint density at radius 2 is 2.20 bits per heavy atom. The highest BCUT2D eigenvalue weighted by Gasteiger charge is 2.45. The Labute approximate surface area is 124 Å². The number of hydrogen-bond acceptors (Lipinski definition) is 4. The number of nitrogens with zero attached hydrogens (tertiary/aromatic N) is 1. The van der Waals surface area contributed by atoms with Gasteiger partial charge in [0.25, 0.3) is 0 Å². The number of carboxylic acids is 1. The second kappa shape index (κ2) is 5.51. The van der Waals surface area contributed by atoms with Gasteiger partial charge in [0.05, 0.1) is 10.4 Å². The molecule has 0 aromatic heterocycles. The van der Waals surface area contributed by atoms with Crippen molar-refractivity contribution in [2.24, 2.45) is 0 Å². The molecule has 1 aliphatic rings. The lowest BCUT2D eigenvalue weighted by atomic mass is 10.3. The molecule has 2 unspecified atom stereocenters. The molecule has 1 fully saturated rings. The largest absolute Gasteiger partial charge is 0.480 e. The van der Waals surface area contributed by atoms with Gasteiger partial charge in [-0.25, -0.2) is 12.8 Å². The lowest BCUT2D eigenvalue weighted by Gasteiger charge is -2.24. The van der Waals surface area contributed by atoms with Crippen LogP contribution in [0, 0.1) is 5.82 Å². The Morgan fingerprint density at radius 3 is 2.80 bits per heavy atom. The predicted octanol–water partition coefficient (Wildman–Crippen LogP) is 2.02. The first-order chi connectivity index (χ1) is 9.25. The summed E-state index contributed by atoms with van der Waals surface area (Å²) in [6.45, 7) is 1.58. The third-order valence-corrected chi connectivity index (χ3v) is 6.71. The molecule has 1 aromatic carbocycles. The van der Waals surface area contributed by atoms with Gasteiger partial charge in [-0.15, -0.1) is 11.8 Å². The molecule has 0 saturated carbocycles. The number of benzene rings is 1. The first kappa shape index (κ1) is 15.6. The number of rotatable bonds is 3. The van der Waals surface area contributed by atoms with Gasteiger partial charge in [-0.05, 0) is 25.1 Å². The van der Waals surface area contributed by atoms with Gasteiger partial charge in [0.2, 0.25) is 10.0 Å². The zero-order valence-electron chi connectivity index (χ0n) is 10.3. The number of aliphatic carboxylic acids is 1. The van der Waals surface area contributed by atoms with Gasteiger partial charge in [-0.3, -0.25) is 4.79 Å². The fraction of sp³-hybridized carbons (Fsp3) is 0.364. The van der Waals surface area contributed by atoms with E-state index >= 15 is 0 Å². The Morgan fingerprint density at radius 1 is 1.55 bits per heavy atom. The number of hydrogen-bond donors (Lipinski definition) is 1. The van der Waals surface area contributed by atoms with Crippen LogP contribution in [0.15, 0.2) is 23.1 Å². The van der Waals surface area contributed by atoms with Crippen molar-refractivity contribution in [3.8, 4) is 0 Å². The summed E-state index contributed by atoms with van der Waals surface area (Å²) in [5, 5.41) is 8.41. The minimum atomic E-state index is -4.18. The second-order valence-electron chi connectivity index (χ2n) is 4.20. The van der Waals surface area contributed by atoms with Crippen LogP contribution in [0.25, 0.3) is 0 Å². The molecule has 9 heteroatoms. The third-order valence-electron chi connectivity index (χ3n) is 2.89. The van der Waals surface area contributed by atoms with E-state index in [2.05, 4.69) is 0 Å². The molecule has 1 N–H and O–H groups in total. The summed E-state index contributed by atoms with van der Waals surface area (Å²) in [4.78, 5) is 10.7. The fourth-order valence-corrected chi connectivity index (χ4v) is 5.74. The van der Waals surface area contributed by atoms with Gasteiger partial charge in [0.15, 0.2) is 0 Å². The topological polar surface area (TPSA) is 74.7 Å². The average Bonchev–Trinajstić information content (AvgIpc) is 2.75. The Balaban J connectivity index is 2.53. The van der Waals surface area contributed by atoms with Crippen molar-refractivity contribution >= 4 is 39.4 Å². The highest BCUT2D eigenvalue weighted by molar-refractivity contribution is 8.01. The standard InChI is InChI=1S/C11H11ClFNO4S2/c1-6-14(9(5-19-6)11(15)16)20(17,18)10-4-7(13)2-3-8(10)12/h2-4,6,9H,5H2,1H3,(H,15,16). The van der Waals surface area contributed by atoms with Gasteiger partial charge < -0.3 is 5.11 Å². The summed E-state index contributed by atoms with van der Waals surface area (Å²) in [6.07, 6.45) is 0. The quantitative estimate of drug-likeness (QED) is 0.911. The van der Waals surface area contributed by atoms with E-state index in [0.29, 0.717) is 0 Å². The smallest absolute Gasteiger partial charge is 0.322 e. The maximum atomic E-state index is 13.3. The minimum absolute atomic E-state index is 0.139. The lowest BCUT2D eigenvalue weighted by Crippen LogP contribution is -2.44. The summed E-state index contributed by atoms with van der Waals surface area (Å²) in [5.74, 6) is -1.85. The monoisotopic (exact) mass is 339 g/mol. The molecule has 0 amide bonds. The summed E-state index contributed by atoms with van der Waals surface area (Å²) >= 11 is 7.01. The Bertz CT molecular complexity index is 652. The van der Waals surface area contributed by atoms with E-state index in [4.69, 9.17) is 16.7 Å². The molecule has 0 spiro atoms. The summed E-state index contributed by atoms with van der Waals surface area (Å²) in [5.41, 5.74) is 0. The van der Waals surface area contributed by atoms with E-state index in [1.165, 1.54) is 11.8 Å². The van der Waals surface area contributed by atoms with Crippen molar-refractivity contribution in [3.63, 3.8) is 0 Å². The Kier molecular flexibility index (Phi) is 4.29. The molecular weight excluding hydrogens is 329 g/mol. The van der Waals surface area contributed by atoms with Crippen molar-refractivity contribution in [2.45, 2.75) is 23.2 Å². The number of halogens is 2. The first-order valence-corrected chi connectivity index (χ1v) is 8.45. The van der Waals surface area contributed by atoms with Crippen LogP contribution >= 0.6 is 23.4 Å². The molecule has 5 nitrogen and oxygen atoms in total. The molecule has 110 valence electrons. The molecule has 2 atom stereocenters. The maximum Gasteiger partial charge on any atom is 0.322 e. The van der Waals surface area contributed by atoms with Gasteiger partial charge in [-0.2, -0.15) is 4.31 Å². The highest BCUT2D eigenvalue weighted by Crippen LogP contribution is 2.36. The normalized spacial score (nSPS) is 23.9. The van der Waals surface area contributed by atoms with Gasteiger partial charge in [-0.1, -0.05) is 11.6 Å². The molecule has 1 aromatic rings. The maximum absolute atomic E-state index is 13.3. The van der Waals surface area contributed by atoms with Crippen molar-refractivity contribution < 1.29 is 22.7 Å². The zero-order chi connectivity index (χ0) is 15.1. The third kappa shape index (κ3) is 2.65. The summed E-state index contributed by atoms with van der Waals surface area (Å²) in [6, 6.07) is 1.79. The van der Waals surface area contributed by atoms with Crippen LogP contribution in [0.3, 0.4) is 0 Å². The zero-order valence-corrected chi connectivity index (χ0v) is 12.7. The van der Waals surface area contributed by atoms with Gasteiger partial charge in [0, 0.05) is 5.75 Å². The van der Waals surface area contributed by atoms with Crippen LogP contribution in [-0.4, -0.2) is 41.0 Å². The number of carbonyl (C=O) groups is 1. The van der Waals surface area contributed by atoms with Gasteiger partial charge in [0.1, 0.15) is 16.8 Å². The molecule has 0 bridgehead atoms. The van der Waals surface area contributed by atoms with Crippen LogP contribution < -0.4 is 0 Å². The van der Waals surface area contributed by atoms with E-state index in [1.54, 1.807) is 6.92 Å². The van der Waals surface area contributed by atoms with Crippen LogP contribution in [0.5, 0.6) is 0 Å². The number of thioether (sulfide) groups is 1. The molecule has 1 heterocycles. The van der Waals surface area contributed by atoms with E-state index in [9.17, 15) is 17.6 Å². The lowest BCUT2D eigenvalue weighted by molar-refractivity contribution is -0.140. The SMILES string of the molecule is CC1SCC(C(=O)O)N1S(=O)(=O)c1cc(F)ccc1Cl. The van der Waals surface area contributed by atoms with Crippen LogP contribution in [0.2, 0.25) is 5.02 Å². The first-order valence-electron chi connectivity index (χ1n) is 5.58. The summed E-state index contributed by atoms with van der Waals surface area (Å²) < 4.78 is 39.2. The number of carboxylic acid groups (broad SMARTS) is 1. The van der Waals surface area contributed by atoms with Crippen molar-refractivity contribution in [1.29, 1.82) is 0 Å². The fourth-order valence-electron chi connectivity index (χ4n) is 1.96.